The van der Waals surface area contributed by atoms with E-state index in [0.29, 0.717) is 5.39 Å². The molecule has 2 heterocycles. The van der Waals surface area contributed by atoms with Crippen LogP contribution >= 0.6 is 11.5 Å². The van der Waals surface area contributed by atoms with Gasteiger partial charge in [0.2, 0.25) is 6.20 Å². The van der Waals surface area contributed by atoms with Crippen molar-refractivity contribution in [3.63, 3.8) is 0 Å². The van der Waals surface area contributed by atoms with Crippen molar-refractivity contribution in [2.45, 2.75) is 13.8 Å². The summed E-state index contributed by atoms with van der Waals surface area (Å²) in [6, 6.07) is 7.38. The van der Waals surface area contributed by atoms with E-state index in [9.17, 15) is 4.79 Å². The molecule has 0 N–H and O–H groups in total. The normalized spacial score (nSPS) is 11.0. The van der Waals surface area contributed by atoms with Crippen LogP contribution in [0, 0.1) is 13.8 Å². The van der Waals surface area contributed by atoms with Crippen molar-refractivity contribution in [1.82, 2.24) is 9.66 Å². The van der Waals surface area contributed by atoms with Crippen molar-refractivity contribution in [2.24, 2.45) is 0 Å². The topological polar surface area (TPSA) is 38.8 Å². The number of rotatable bonds is 1. The molecule has 1 aromatic carbocycles. The molecule has 0 aliphatic heterocycles. The standard InChI is InChI=1S/C13H12N3OS/c1-9-7-16(18-10(9)2)15-8-14-12-6-4-3-5-11(12)13(15)17/h3-8H,1-2H3/q+1. The monoisotopic (exact) mass is 258 g/mol. The summed E-state index contributed by atoms with van der Waals surface area (Å²) >= 11 is 1.53. The van der Waals surface area contributed by atoms with Gasteiger partial charge >= 0.3 is 5.56 Å². The van der Waals surface area contributed by atoms with Gasteiger partial charge in [-0.05, 0) is 30.0 Å². The maximum absolute atomic E-state index is 12.4. The van der Waals surface area contributed by atoms with E-state index in [-0.39, 0.29) is 5.56 Å². The molecule has 0 saturated carbocycles. The molecule has 3 rings (SSSR count). The summed E-state index contributed by atoms with van der Waals surface area (Å²) in [6.45, 7) is 4.07. The van der Waals surface area contributed by atoms with E-state index in [4.69, 9.17) is 0 Å². The maximum atomic E-state index is 12.4. The van der Waals surface area contributed by atoms with E-state index in [1.165, 1.54) is 26.6 Å². The zero-order valence-corrected chi connectivity index (χ0v) is 10.9. The van der Waals surface area contributed by atoms with Crippen molar-refractivity contribution in [2.75, 3.05) is 0 Å². The van der Waals surface area contributed by atoms with Gasteiger partial charge in [-0.1, -0.05) is 16.8 Å². The summed E-state index contributed by atoms with van der Waals surface area (Å²) in [4.78, 5) is 17.9. The van der Waals surface area contributed by atoms with Gasteiger partial charge in [0, 0.05) is 5.56 Å². The number of para-hydroxylation sites is 1. The van der Waals surface area contributed by atoms with E-state index in [1.54, 1.807) is 12.4 Å². The molecular weight excluding hydrogens is 246 g/mol. The van der Waals surface area contributed by atoms with Gasteiger partial charge in [-0.15, -0.1) is 0 Å². The van der Waals surface area contributed by atoms with Crippen molar-refractivity contribution in [3.05, 3.63) is 57.6 Å². The smallest absolute Gasteiger partial charge is 0.263 e. The van der Waals surface area contributed by atoms with Gasteiger partial charge in [-0.2, -0.15) is 0 Å². The van der Waals surface area contributed by atoms with Crippen LogP contribution in [0.4, 0.5) is 0 Å². The molecule has 0 fully saturated rings. The number of fused-ring (bicyclic) bond motifs is 1. The van der Waals surface area contributed by atoms with Crippen LogP contribution in [-0.2, 0) is 0 Å². The molecule has 0 amide bonds. The number of aromatic nitrogens is 3. The fourth-order valence-electron chi connectivity index (χ4n) is 1.80. The molecule has 0 aliphatic rings. The molecule has 4 nitrogen and oxygen atoms in total. The minimum Gasteiger partial charge on any atom is -0.263 e. The zero-order chi connectivity index (χ0) is 12.7. The predicted molar refractivity (Wildman–Crippen MR) is 70.8 cm³/mol. The van der Waals surface area contributed by atoms with Gasteiger partial charge in [-0.25, -0.2) is 4.98 Å². The van der Waals surface area contributed by atoms with Crippen molar-refractivity contribution >= 4 is 22.4 Å². The van der Waals surface area contributed by atoms with Gasteiger partial charge in [-0.3, -0.25) is 4.79 Å². The van der Waals surface area contributed by atoms with E-state index >= 15 is 0 Å². The first-order valence-electron chi connectivity index (χ1n) is 5.63. The van der Waals surface area contributed by atoms with Crippen LogP contribution in [-0.4, -0.2) is 9.66 Å². The minimum atomic E-state index is -0.0492. The first-order chi connectivity index (χ1) is 8.66. The summed E-state index contributed by atoms with van der Waals surface area (Å²) in [5.74, 6) is 0. The quantitative estimate of drug-likeness (QED) is 0.623. The number of nitrogens with zero attached hydrogens (tertiary/aromatic N) is 3. The highest BCUT2D eigenvalue weighted by atomic mass is 32.1. The van der Waals surface area contributed by atoms with Gasteiger partial charge in [0.25, 0.3) is 0 Å². The average molecular weight is 258 g/mol. The van der Waals surface area contributed by atoms with Crippen LogP contribution in [0.3, 0.4) is 0 Å². The van der Waals surface area contributed by atoms with E-state index in [1.807, 2.05) is 42.3 Å². The van der Waals surface area contributed by atoms with Crippen LogP contribution in [0.1, 0.15) is 10.4 Å². The highest BCUT2D eigenvalue weighted by Gasteiger charge is 2.15. The SMILES string of the molecule is Cc1c[n+](-n2cnc3ccccc3c2=O)sc1C. The lowest BCUT2D eigenvalue weighted by Crippen LogP contribution is -2.45. The van der Waals surface area contributed by atoms with Crippen LogP contribution in [0.25, 0.3) is 10.9 Å². The molecule has 2 aromatic heterocycles. The lowest BCUT2D eigenvalue weighted by atomic mass is 10.2. The van der Waals surface area contributed by atoms with Crippen molar-refractivity contribution < 1.29 is 4.07 Å². The number of aryl methyl sites for hydroxylation is 2. The van der Waals surface area contributed by atoms with Crippen molar-refractivity contribution in [3.8, 4) is 0 Å². The molecule has 0 saturated heterocycles. The summed E-state index contributed by atoms with van der Waals surface area (Å²) in [7, 11) is 0. The molecular formula is C13H12N3OS+. The molecule has 0 bridgehead atoms. The Kier molecular flexibility index (Phi) is 2.48. The van der Waals surface area contributed by atoms with Crippen LogP contribution < -0.4 is 9.62 Å². The third-order valence-corrected chi connectivity index (χ3v) is 4.02. The predicted octanol–water partition coefficient (Wildman–Crippen LogP) is 1.67. The Bertz CT molecular complexity index is 769. The zero-order valence-electron chi connectivity index (χ0n) is 10.1. The Balaban J connectivity index is 2.30. The Labute approximate surface area is 108 Å². The molecule has 5 heteroatoms. The second kappa shape index (κ2) is 4.03. The van der Waals surface area contributed by atoms with E-state index < -0.39 is 0 Å². The Hall–Kier alpha value is -2.01. The Morgan fingerprint density at radius 1 is 1.28 bits per heavy atom. The molecule has 3 aromatic rings. The third-order valence-electron chi connectivity index (χ3n) is 2.95. The van der Waals surface area contributed by atoms with Gasteiger partial charge < -0.3 is 0 Å². The molecule has 0 atom stereocenters. The highest BCUT2D eigenvalue weighted by Crippen LogP contribution is 2.08. The second-order valence-electron chi connectivity index (χ2n) is 4.17. The van der Waals surface area contributed by atoms with Crippen LogP contribution in [0.2, 0.25) is 0 Å². The number of hydrogen-bond donors (Lipinski definition) is 0. The van der Waals surface area contributed by atoms with Gasteiger partial charge in [0.05, 0.1) is 15.8 Å². The molecule has 90 valence electrons. The molecule has 0 radical (unpaired) electrons. The summed E-state index contributed by atoms with van der Waals surface area (Å²) in [6.07, 6.45) is 3.51. The molecule has 0 aliphatic carbocycles. The Morgan fingerprint density at radius 3 is 2.78 bits per heavy atom. The average Bonchev–Trinajstić information content (AvgIpc) is 2.70. The summed E-state index contributed by atoms with van der Waals surface area (Å²) in [5, 5.41) is 0.635. The highest BCUT2D eigenvalue weighted by molar-refractivity contribution is 7.01. The third kappa shape index (κ3) is 1.64. The minimum absolute atomic E-state index is 0.0492. The number of hydrogen-bond acceptors (Lipinski definition) is 3. The molecule has 18 heavy (non-hydrogen) atoms. The van der Waals surface area contributed by atoms with Crippen LogP contribution in [0.15, 0.2) is 41.6 Å². The number of benzene rings is 1. The molecule has 0 spiro atoms. The first-order valence-corrected chi connectivity index (χ1v) is 6.40. The lowest BCUT2D eigenvalue weighted by molar-refractivity contribution is -0.664. The second-order valence-corrected chi connectivity index (χ2v) is 5.34. The lowest BCUT2D eigenvalue weighted by Gasteiger charge is -1.97. The fraction of sp³-hybridized carbons (Fsp3) is 0.154. The maximum Gasteiger partial charge on any atom is 0.319 e. The first kappa shape index (κ1) is 11.1. The largest absolute Gasteiger partial charge is 0.319 e. The summed E-state index contributed by atoms with van der Waals surface area (Å²) in [5.41, 5.74) is 1.84. The van der Waals surface area contributed by atoms with Crippen LogP contribution in [0.5, 0.6) is 0 Å². The summed E-state index contributed by atoms with van der Waals surface area (Å²) < 4.78 is 3.35. The van der Waals surface area contributed by atoms with Gasteiger partial charge in [0.1, 0.15) is 0 Å². The van der Waals surface area contributed by atoms with Gasteiger partial charge in [0.15, 0.2) is 17.9 Å². The Morgan fingerprint density at radius 2 is 2.06 bits per heavy atom. The van der Waals surface area contributed by atoms with E-state index in [2.05, 4.69) is 4.98 Å². The van der Waals surface area contributed by atoms with Crippen molar-refractivity contribution in [1.29, 1.82) is 0 Å². The van der Waals surface area contributed by atoms with E-state index in [0.717, 1.165) is 5.52 Å². The fourth-order valence-corrected chi connectivity index (χ4v) is 2.69. The molecule has 0 unspecified atom stereocenters.